The Balaban J connectivity index is 1.58. The van der Waals surface area contributed by atoms with Crippen LogP contribution in [0.5, 0.6) is 0 Å². The smallest absolute Gasteiger partial charge is 0.253 e. The van der Waals surface area contributed by atoms with E-state index in [0.29, 0.717) is 18.6 Å². The molecule has 136 valence electrons. The highest BCUT2D eigenvalue weighted by atomic mass is 16.2. The summed E-state index contributed by atoms with van der Waals surface area (Å²) in [5.74, 6) is 0.138. The average molecular weight is 343 g/mol. The van der Waals surface area contributed by atoms with Gasteiger partial charge in [-0.2, -0.15) is 0 Å². The molecule has 0 saturated carbocycles. The van der Waals surface area contributed by atoms with E-state index in [1.54, 1.807) is 0 Å². The van der Waals surface area contributed by atoms with Gasteiger partial charge >= 0.3 is 0 Å². The molecule has 1 aromatic carbocycles. The molecule has 2 heterocycles. The van der Waals surface area contributed by atoms with Gasteiger partial charge < -0.3 is 15.5 Å². The van der Waals surface area contributed by atoms with Crippen LogP contribution in [-0.2, 0) is 11.3 Å². The number of likely N-dealkylation sites (tertiary alicyclic amines) is 1. The first-order chi connectivity index (χ1) is 11.8. The summed E-state index contributed by atoms with van der Waals surface area (Å²) in [5.41, 5.74) is 1.34. The van der Waals surface area contributed by atoms with Gasteiger partial charge in [-0.3, -0.25) is 9.59 Å². The molecule has 2 unspecified atom stereocenters. The first-order valence-electron chi connectivity index (χ1n) is 9.25. The maximum atomic E-state index is 12.8. The van der Waals surface area contributed by atoms with Gasteiger partial charge in [0, 0.05) is 42.7 Å². The lowest BCUT2D eigenvalue weighted by Gasteiger charge is -2.24. The first-order valence-corrected chi connectivity index (χ1v) is 9.25. The minimum absolute atomic E-state index is 0.0276. The van der Waals surface area contributed by atoms with Crippen LogP contribution in [0.2, 0.25) is 0 Å². The van der Waals surface area contributed by atoms with Crippen molar-refractivity contribution in [3.8, 4) is 0 Å². The highest BCUT2D eigenvalue weighted by molar-refractivity contribution is 5.94. The lowest BCUT2D eigenvalue weighted by Crippen LogP contribution is -2.39. The molecule has 0 aliphatic carbocycles. The van der Waals surface area contributed by atoms with E-state index >= 15 is 0 Å². The van der Waals surface area contributed by atoms with E-state index in [2.05, 4.69) is 10.6 Å². The average Bonchev–Trinajstić information content (AvgIpc) is 2.90. The number of amides is 2. The van der Waals surface area contributed by atoms with Crippen LogP contribution in [0.15, 0.2) is 24.3 Å². The Morgan fingerprint density at radius 1 is 1.12 bits per heavy atom. The van der Waals surface area contributed by atoms with Gasteiger partial charge in [0.1, 0.15) is 0 Å². The van der Waals surface area contributed by atoms with Crippen LogP contribution in [0.3, 0.4) is 0 Å². The quantitative estimate of drug-likeness (QED) is 0.885. The predicted octanol–water partition coefficient (Wildman–Crippen LogP) is 2.32. The van der Waals surface area contributed by atoms with Gasteiger partial charge in [0.2, 0.25) is 5.91 Å². The Labute approximate surface area is 150 Å². The summed E-state index contributed by atoms with van der Waals surface area (Å²) >= 11 is 0. The van der Waals surface area contributed by atoms with E-state index in [4.69, 9.17) is 0 Å². The lowest BCUT2D eigenvalue weighted by atomic mass is 9.95. The third-order valence-electron chi connectivity index (χ3n) is 5.15. The molecule has 2 saturated heterocycles. The summed E-state index contributed by atoms with van der Waals surface area (Å²) in [4.78, 5) is 26.7. The first kappa shape index (κ1) is 17.9. The molecular weight excluding hydrogens is 314 g/mol. The van der Waals surface area contributed by atoms with Crippen LogP contribution < -0.4 is 10.6 Å². The maximum absolute atomic E-state index is 12.8. The molecule has 0 aromatic heterocycles. The molecule has 0 spiro atoms. The van der Waals surface area contributed by atoms with E-state index in [9.17, 15) is 9.59 Å². The summed E-state index contributed by atoms with van der Waals surface area (Å²) < 4.78 is 0. The summed E-state index contributed by atoms with van der Waals surface area (Å²) in [7, 11) is 0. The molecule has 2 amide bonds. The van der Waals surface area contributed by atoms with Crippen LogP contribution in [0.1, 0.15) is 56.0 Å². The standard InChI is InChI=1S/C20H29N3O2/c1-20(2,3)19(25)21-12-14-4-6-15(7-5-14)18(24)23-11-10-16-8-9-17(13-23)22-16/h4-7,16-17,22H,8-13H2,1-3H3,(H,21,25). The van der Waals surface area contributed by atoms with Gasteiger partial charge in [-0.1, -0.05) is 32.9 Å². The summed E-state index contributed by atoms with van der Waals surface area (Å²) in [5, 5.41) is 6.54. The van der Waals surface area contributed by atoms with Gasteiger partial charge in [0.15, 0.2) is 0 Å². The topological polar surface area (TPSA) is 61.4 Å². The molecular formula is C20H29N3O2. The van der Waals surface area contributed by atoms with Crippen LogP contribution in [0, 0.1) is 5.41 Å². The minimum atomic E-state index is -0.393. The number of nitrogens with zero attached hydrogens (tertiary/aromatic N) is 1. The predicted molar refractivity (Wildman–Crippen MR) is 98.2 cm³/mol. The van der Waals surface area contributed by atoms with Gasteiger partial charge in [-0.15, -0.1) is 0 Å². The van der Waals surface area contributed by atoms with E-state index in [0.717, 1.165) is 30.6 Å². The molecule has 2 atom stereocenters. The van der Waals surface area contributed by atoms with Crippen molar-refractivity contribution in [3.05, 3.63) is 35.4 Å². The lowest BCUT2D eigenvalue weighted by molar-refractivity contribution is -0.128. The van der Waals surface area contributed by atoms with E-state index in [-0.39, 0.29) is 11.8 Å². The van der Waals surface area contributed by atoms with Crippen molar-refractivity contribution < 1.29 is 9.59 Å². The number of benzene rings is 1. The van der Waals surface area contributed by atoms with E-state index in [1.165, 1.54) is 12.8 Å². The molecule has 2 N–H and O–H groups in total. The molecule has 5 nitrogen and oxygen atoms in total. The molecule has 25 heavy (non-hydrogen) atoms. The molecule has 2 bridgehead atoms. The van der Waals surface area contributed by atoms with Crippen molar-refractivity contribution >= 4 is 11.8 Å². The third kappa shape index (κ3) is 4.40. The fourth-order valence-electron chi connectivity index (χ4n) is 3.52. The fourth-order valence-corrected chi connectivity index (χ4v) is 3.52. The number of carbonyl (C=O) groups excluding carboxylic acids is 2. The van der Waals surface area contributed by atoms with Crippen LogP contribution in [0.4, 0.5) is 0 Å². The fraction of sp³-hybridized carbons (Fsp3) is 0.600. The SMILES string of the molecule is CC(C)(C)C(=O)NCc1ccc(C(=O)N2CCC3CCC(C2)N3)cc1. The second kappa shape index (κ2) is 7.16. The monoisotopic (exact) mass is 343 g/mol. The Kier molecular flexibility index (Phi) is 5.13. The number of carbonyl (C=O) groups is 2. The zero-order valence-corrected chi connectivity index (χ0v) is 15.5. The zero-order valence-electron chi connectivity index (χ0n) is 15.5. The summed E-state index contributed by atoms with van der Waals surface area (Å²) in [6.07, 6.45) is 3.45. The number of rotatable bonds is 3. The molecule has 3 rings (SSSR count). The van der Waals surface area contributed by atoms with Crippen LogP contribution in [0.25, 0.3) is 0 Å². The highest BCUT2D eigenvalue weighted by Crippen LogP contribution is 2.21. The van der Waals surface area contributed by atoms with Gasteiger partial charge in [0.05, 0.1) is 0 Å². The number of hydrogen-bond donors (Lipinski definition) is 2. The molecule has 2 fully saturated rings. The molecule has 2 aliphatic heterocycles. The van der Waals surface area contributed by atoms with Crippen molar-refractivity contribution in [2.75, 3.05) is 13.1 Å². The maximum Gasteiger partial charge on any atom is 0.253 e. The van der Waals surface area contributed by atoms with Crippen molar-refractivity contribution in [3.63, 3.8) is 0 Å². The van der Waals surface area contributed by atoms with Crippen molar-refractivity contribution in [1.29, 1.82) is 0 Å². The van der Waals surface area contributed by atoms with E-state index in [1.807, 2.05) is 49.9 Å². The van der Waals surface area contributed by atoms with Crippen LogP contribution >= 0.6 is 0 Å². The Morgan fingerprint density at radius 2 is 1.80 bits per heavy atom. The summed E-state index contributed by atoms with van der Waals surface area (Å²) in [6.45, 7) is 7.81. The normalized spacial score (nSPS) is 23.2. The Hall–Kier alpha value is -1.88. The van der Waals surface area contributed by atoms with Gasteiger partial charge in [0.25, 0.3) is 5.91 Å². The highest BCUT2D eigenvalue weighted by Gasteiger charge is 2.31. The minimum Gasteiger partial charge on any atom is -0.352 e. The third-order valence-corrected chi connectivity index (χ3v) is 5.15. The Bertz CT molecular complexity index is 633. The molecule has 0 radical (unpaired) electrons. The van der Waals surface area contributed by atoms with E-state index < -0.39 is 5.41 Å². The molecule has 1 aromatic rings. The van der Waals surface area contributed by atoms with Crippen molar-refractivity contribution in [2.24, 2.45) is 5.41 Å². The second-order valence-electron chi connectivity index (χ2n) is 8.31. The number of fused-ring (bicyclic) bond motifs is 2. The largest absolute Gasteiger partial charge is 0.352 e. The van der Waals surface area contributed by atoms with Crippen molar-refractivity contribution in [1.82, 2.24) is 15.5 Å². The molecule has 2 aliphatic rings. The second-order valence-corrected chi connectivity index (χ2v) is 8.31. The Morgan fingerprint density at radius 3 is 2.48 bits per heavy atom. The van der Waals surface area contributed by atoms with Gasteiger partial charge in [-0.25, -0.2) is 0 Å². The van der Waals surface area contributed by atoms with Crippen LogP contribution in [-0.4, -0.2) is 41.9 Å². The zero-order chi connectivity index (χ0) is 18.0. The molecule has 5 heteroatoms. The van der Waals surface area contributed by atoms with Gasteiger partial charge in [-0.05, 0) is 37.0 Å². The van der Waals surface area contributed by atoms with Crippen molar-refractivity contribution in [2.45, 2.75) is 58.7 Å². The number of nitrogens with one attached hydrogen (secondary N) is 2. The number of hydrogen-bond acceptors (Lipinski definition) is 3. The summed E-state index contributed by atoms with van der Waals surface area (Å²) in [6, 6.07) is 8.63.